The number of ether oxygens (including phenoxy) is 1. The van der Waals surface area contributed by atoms with Gasteiger partial charge in [0.1, 0.15) is 11.6 Å². The fourth-order valence-electron chi connectivity index (χ4n) is 2.74. The quantitative estimate of drug-likeness (QED) is 0.403. The fourth-order valence-corrected chi connectivity index (χ4v) is 3.80. The van der Waals surface area contributed by atoms with E-state index in [9.17, 15) is 22.0 Å². The molecule has 1 aromatic heterocycles. The first-order valence-electron chi connectivity index (χ1n) is 9.44. The third kappa shape index (κ3) is 5.39. The van der Waals surface area contributed by atoms with Gasteiger partial charge in [-0.15, -0.1) is 0 Å². The summed E-state index contributed by atoms with van der Waals surface area (Å²) in [5, 5.41) is 3.76. The predicted molar refractivity (Wildman–Crippen MR) is 112 cm³/mol. The Labute approximate surface area is 186 Å². The first-order chi connectivity index (χ1) is 15.8. The summed E-state index contributed by atoms with van der Waals surface area (Å²) in [5.41, 5.74) is 0.908. The standard InChI is InChI=1S/C22H15F2N3O5S/c23-16-5-1-14(2-6-16)21-25-20(32-26-21)13-31-22(28)15-3-9-18(10-4-15)27-33(29,30)19-11-7-17(24)8-12-19/h1-12,27H,13H2. The average Bonchev–Trinajstić information content (AvgIpc) is 3.27. The molecule has 1 N–H and O–H groups in total. The zero-order valence-electron chi connectivity index (χ0n) is 16.7. The van der Waals surface area contributed by atoms with Gasteiger partial charge in [0.25, 0.3) is 15.9 Å². The smallest absolute Gasteiger partial charge is 0.338 e. The molecule has 33 heavy (non-hydrogen) atoms. The predicted octanol–water partition coefficient (Wildman–Crippen LogP) is 4.17. The van der Waals surface area contributed by atoms with Crippen molar-refractivity contribution in [3.8, 4) is 11.4 Å². The number of carbonyl (C=O) groups excluding carboxylic acids is 1. The molecule has 3 aromatic carbocycles. The highest BCUT2D eigenvalue weighted by Gasteiger charge is 2.16. The summed E-state index contributed by atoms with van der Waals surface area (Å²) >= 11 is 0. The Bertz CT molecular complexity index is 1370. The van der Waals surface area contributed by atoms with Gasteiger partial charge in [-0.1, -0.05) is 5.16 Å². The Morgan fingerprint density at radius 2 is 1.52 bits per heavy atom. The number of aromatic nitrogens is 2. The first-order valence-corrected chi connectivity index (χ1v) is 10.9. The highest BCUT2D eigenvalue weighted by Crippen LogP contribution is 2.19. The van der Waals surface area contributed by atoms with E-state index in [4.69, 9.17) is 9.26 Å². The van der Waals surface area contributed by atoms with Crippen molar-refractivity contribution in [2.45, 2.75) is 11.5 Å². The second-order valence-corrected chi connectivity index (χ2v) is 8.41. The zero-order chi connectivity index (χ0) is 23.4. The van der Waals surface area contributed by atoms with Gasteiger partial charge in [0.2, 0.25) is 5.82 Å². The van der Waals surface area contributed by atoms with Crippen molar-refractivity contribution < 1.29 is 31.3 Å². The molecule has 168 valence electrons. The van der Waals surface area contributed by atoms with Gasteiger partial charge < -0.3 is 9.26 Å². The lowest BCUT2D eigenvalue weighted by Crippen LogP contribution is -2.13. The lowest BCUT2D eigenvalue weighted by atomic mass is 10.2. The number of rotatable bonds is 7. The Balaban J connectivity index is 1.36. The van der Waals surface area contributed by atoms with Gasteiger partial charge in [-0.3, -0.25) is 4.72 Å². The van der Waals surface area contributed by atoms with E-state index in [0.29, 0.717) is 5.56 Å². The van der Waals surface area contributed by atoms with Crippen LogP contribution in [-0.4, -0.2) is 24.5 Å². The second-order valence-electron chi connectivity index (χ2n) is 6.73. The van der Waals surface area contributed by atoms with E-state index in [2.05, 4.69) is 14.9 Å². The molecule has 4 aromatic rings. The van der Waals surface area contributed by atoms with Crippen molar-refractivity contribution in [3.05, 3.63) is 95.9 Å². The van der Waals surface area contributed by atoms with E-state index in [0.717, 1.165) is 24.3 Å². The van der Waals surface area contributed by atoms with Gasteiger partial charge in [0, 0.05) is 11.3 Å². The molecule has 0 bridgehead atoms. The summed E-state index contributed by atoms with van der Waals surface area (Å²) in [6, 6.07) is 15.4. The third-order valence-electron chi connectivity index (χ3n) is 4.39. The van der Waals surface area contributed by atoms with Crippen LogP contribution in [0.1, 0.15) is 16.2 Å². The molecule has 0 aliphatic rings. The summed E-state index contributed by atoms with van der Waals surface area (Å²) in [4.78, 5) is 16.2. The molecule has 11 heteroatoms. The van der Waals surface area contributed by atoms with Crippen LogP contribution in [0.5, 0.6) is 0 Å². The minimum atomic E-state index is -3.91. The molecule has 0 aliphatic heterocycles. The van der Waals surface area contributed by atoms with Crippen LogP contribution in [0.25, 0.3) is 11.4 Å². The van der Waals surface area contributed by atoms with Gasteiger partial charge in [0.05, 0.1) is 10.5 Å². The van der Waals surface area contributed by atoms with Gasteiger partial charge in [-0.25, -0.2) is 22.0 Å². The van der Waals surface area contributed by atoms with Crippen molar-refractivity contribution in [2.24, 2.45) is 0 Å². The number of sulfonamides is 1. The SMILES string of the molecule is O=C(OCc1nc(-c2ccc(F)cc2)no1)c1ccc(NS(=O)(=O)c2ccc(F)cc2)cc1. The number of nitrogens with zero attached hydrogens (tertiary/aromatic N) is 2. The van der Waals surface area contributed by atoms with Crippen molar-refractivity contribution in [2.75, 3.05) is 4.72 Å². The van der Waals surface area contributed by atoms with Crippen LogP contribution in [0.4, 0.5) is 14.5 Å². The second kappa shape index (κ2) is 9.17. The maximum absolute atomic E-state index is 13.0. The molecular weight excluding hydrogens is 456 g/mol. The van der Waals surface area contributed by atoms with Gasteiger partial charge in [-0.05, 0) is 72.8 Å². The number of hydrogen-bond acceptors (Lipinski definition) is 7. The van der Waals surface area contributed by atoms with E-state index in [1.165, 1.54) is 48.5 Å². The molecule has 1 heterocycles. The van der Waals surface area contributed by atoms with Gasteiger partial charge in [0.15, 0.2) is 6.61 Å². The molecule has 0 aliphatic carbocycles. The maximum Gasteiger partial charge on any atom is 0.338 e. The lowest BCUT2D eigenvalue weighted by Gasteiger charge is -2.09. The summed E-state index contributed by atoms with van der Waals surface area (Å²) in [7, 11) is -3.91. The monoisotopic (exact) mass is 471 g/mol. The molecule has 4 rings (SSSR count). The lowest BCUT2D eigenvalue weighted by molar-refractivity contribution is 0.0430. The van der Waals surface area contributed by atoms with Gasteiger partial charge >= 0.3 is 5.97 Å². The molecule has 0 radical (unpaired) electrons. The minimum Gasteiger partial charge on any atom is -0.452 e. The maximum atomic E-state index is 13.0. The van der Waals surface area contributed by atoms with Crippen LogP contribution in [0.15, 0.2) is 82.2 Å². The number of anilines is 1. The number of benzene rings is 3. The summed E-state index contributed by atoms with van der Waals surface area (Å²) in [5.74, 6) is -1.37. The highest BCUT2D eigenvalue weighted by atomic mass is 32.2. The van der Waals surface area contributed by atoms with Crippen LogP contribution in [0.2, 0.25) is 0 Å². The molecule has 0 fully saturated rings. The van der Waals surface area contributed by atoms with Crippen LogP contribution in [0, 0.1) is 11.6 Å². The topological polar surface area (TPSA) is 111 Å². The number of carbonyl (C=O) groups is 1. The number of halogens is 2. The third-order valence-corrected chi connectivity index (χ3v) is 5.79. The van der Waals surface area contributed by atoms with Crippen molar-refractivity contribution in [1.82, 2.24) is 10.1 Å². The molecule has 0 unspecified atom stereocenters. The van der Waals surface area contributed by atoms with E-state index in [-0.39, 0.29) is 34.5 Å². The van der Waals surface area contributed by atoms with Crippen LogP contribution in [0.3, 0.4) is 0 Å². The Morgan fingerprint density at radius 3 is 2.15 bits per heavy atom. The molecular formula is C22H15F2N3O5S. The van der Waals surface area contributed by atoms with E-state index < -0.39 is 27.6 Å². The first kappa shape index (κ1) is 22.1. The Morgan fingerprint density at radius 1 is 0.909 bits per heavy atom. The van der Waals surface area contributed by atoms with Crippen molar-refractivity contribution >= 4 is 21.7 Å². The fraction of sp³-hybridized carbons (Fsp3) is 0.0455. The summed E-state index contributed by atoms with van der Waals surface area (Å²) < 4.78 is 63.2. The molecule has 0 saturated carbocycles. The largest absolute Gasteiger partial charge is 0.452 e. The van der Waals surface area contributed by atoms with E-state index in [1.807, 2.05) is 0 Å². The summed E-state index contributed by atoms with van der Waals surface area (Å²) in [6.45, 7) is -0.286. The van der Waals surface area contributed by atoms with E-state index in [1.54, 1.807) is 0 Å². The molecule has 0 spiro atoms. The van der Waals surface area contributed by atoms with Crippen LogP contribution < -0.4 is 4.72 Å². The molecule has 0 atom stereocenters. The van der Waals surface area contributed by atoms with E-state index >= 15 is 0 Å². The normalized spacial score (nSPS) is 11.2. The molecule has 0 saturated heterocycles. The summed E-state index contributed by atoms with van der Waals surface area (Å²) in [6.07, 6.45) is 0. The Hall–Kier alpha value is -4.12. The van der Waals surface area contributed by atoms with Crippen LogP contribution in [-0.2, 0) is 21.4 Å². The molecule has 0 amide bonds. The van der Waals surface area contributed by atoms with Crippen molar-refractivity contribution in [1.29, 1.82) is 0 Å². The highest BCUT2D eigenvalue weighted by molar-refractivity contribution is 7.92. The number of hydrogen-bond donors (Lipinski definition) is 1. The minimum absolute atomic E-state index is 0.0475. The average molecular weight is 471 g/mol. The Kier molecular flexibility index (Phi) is 6.13. The van der Waals surface area contributed by atoms with Crippen LogP contribution >= 0.6 is 0 Å². The number of esters is 1. The van der Waals surface area contributed by atoms with Crippen molar-refractivity contribution in [3.63, 3.8) is 0 Å². The van der Waals surface area contributed by atoms with Gasteiger partial charge in [-0.2, -0.15) is 4.98 Å². The molecule has 8 nitrogen and oxygen atoms in total. The zero-order valence-corrected chi connectivity index (χ0v) is 17.6. The number of nitrogens with one attached hydrogen (secondary N) is 1.